The number of ketones is 1. The van der Waals surface area contributed by atoms with Crippen molar-refractivity contribution in [2.75, 3.05) is 6.61 Å². The fourth-order valence-electron chi connectivity index (χ4n) is 1.25. The Bertz CT molecular complexity index is 322. The van der Waals surface area contributed by atoms with E-state index in [0.29, 0.717) is 11.3 Å². The van der Waals surface area contributed by atoms with Gasteiger partial charge in [0, 0.05) is 0 Å². The molecule has 12 heavy (non-hydrogen) atoms. The van der Waals surface area contributed by atoms with Crippen LogP contribution in [0.3, 0.4) is 0 Å². The molecule has 1 aliphatic heterocycles. The Morgan fingerprint density at radius 3 is 3.00 bits per heavy atom. The van der Waals surface area contributed by atoms with Gasteiger partial charge in [0.05, 0.1) is 5.56 Å². The summed E-state index contributed by atoms with van der Waals surface area (Å²) in [6, 6.07) is 6.65. The number of carbonyl (C=O) groups is 1. The Morgan fingerprint density at radius 2 is 2.17 bits per heavy atom. The second kappa shape index (κ2) is 2.60. The molecule has 0 radical (unpaired) electrons. The van der Waals surface area contributed by atoms with Crippen molar-refractivity contribution in [2.24, 2.45) is 5.73 Å². The van der Waals surface area contributed by atoms with Crippen LogP contribution in [-0.4, -0.2) is 18.4 Å². The van der Waals surface area contributed by atoms with Gasteiger partial charge in [0.15, 0.2) is 5.78 Å². The predicted octanol–water partition coefficient (Wildman–Crippen LogP) is 0.589. The van der Waals surface area contributed by atoms with E-state index in [9.17, 15) is 4.79 Å². The molecule has 0 amide bonds. The molecule has 1 aromatic carbocycles. The number of nitrogens with two attached hydrogens (primary N) is 1. The monoisotopic (exact) mass is 163 g/mol. The number of para-hydroxylation sites is 1. The van der Waals surface area contributed by atoms with Crippen molar-refractivity contribution in [1.29, 1.82) is 0 Å². The summed E-state index contributed by atoms with van der Waals surface area (Å²) in [6.07, 6.45) is 0. The van der Waals surface area contributed by atoms with Gasteiger partial charge in [-0.1, -0.05) is 12.1 Å². The molecule has 1 unspecified atom stereocenters. The zero-order valence-electron chi connectivity index (χ0n) is 6.49. The highest BCUT2D eigenvalue weighted by molar-refractivity contribution is 6.03. The van der Waals surface area contributed by atoms with Crippen molar-refractivity contribution in [3.8, 4) is 5.75 Å². The molecule has 62 valence electrons. The summed E-state index contributed by atoms with van der Waals surface area (Å²) in [5.74, 6) is 0.612. The lowest BCUT2D eigenvalue weighted by Gasteiger charge is -2.20. The van der Waals surface area contributed by atoms with Gasteiger partial charge in [-0.15, -0.1) is 0 Å². The fourth-order valence-corrected chi connectivity index (χ4v) is 1.25. The van der Waals surface area contributed by atoms with E-state index in [1.807, 2.05) is 6.07 Å². The van der Waals surface area contributed by atoms with Crippen LogP contribution in [-0.2, 0) is 0 Å². The summed E-state index contributed by atoms with van der Waals surface area (Å²) < 4.78 is 5.26. The first-order valence-corrected chi connectivity index (χ1v) is 3.80. The molecule has 1 heterocycles. The molecule has 0 aliphatic carbocycles. The van der Waals surface area contributed by atoms with Crippen molar-refractivity contribution in [2.45, 2.75) is 6.04 Å². The molecule has 0 saturated heterocycles. The highest BCUT2D eigenvalue weighted by Crippen LogP contribution is 2.22. The highest BCUT2D eigenvalue weighted by Gasteiger charge is 2.24. The van der Waals surface area contributed by atoms with Gasteiger partial charge in [-0.2, -0.15) is 0 Å². The zero-order valence-corrected chi connectivity index (χ0v) is 6.49. The number of fused-ring (bicyclic) bond motifs is 1. The number of carbonyl (C=O) groups excluding carboxylic acids is 1. The van der Waals surface area contributed by atoms with Crippen LogP contribution in [0.1, 0.15) is 10.4 Å². The number of Topliss-reactive ketones (excluding diaryl/α,β-unsaturated/α-hetero) is 1. The Labute approximate surface area is 70.1 Å². The average Bonchev–Trinajstić information content (AvgIpc) is 2.12. The first-order chi connectivity index (χ1) is 5.79. The lowest BCUT2D eigenvalue weighted by atomic mass is 10.0. The fraction of sp³-hybridized carbons (Fsp3) is 0.222. The zero-order chi connectivity index (χ0) is 8.55. The van der Waals surface area contributed by atoms with Crippen molar-refractivity contribution in [3.63, 3.8) is 0 Å². The van der Waals surface area contributed by atoms with Gasteiger partial charge in [0.1, 0.15) is 18.4 Å². The standard InChI is InChI=1S/C9H9NO2/c10-7-5-12-8-4-2-1-3-6(8)9(7)11/h1-4,7H,5,10H2. The molecule has 1 aromatic rings. The molecule has 2 rings (SSSR count). The molecule has 0 fully saturated rings. The minimum absolute atomic E-state index is 0.0307. The van der Waals surface area contributed by atoms with Crippen LogP contribution in [0.25, 0.3) is 0 Å². The third-order valence-electron chi connectivity index (χ3n) is 1.91. The maximum Gasteiger partial charge on any atom is 0.186 e. The number of ether oxygens (including phenoxy) is 1. The van der Waals surface area contributed by atoms with Crippen LogP contribution in [0.2, 0.25) is 0 Å². The summed E-state index contributed by atoms with van der Waals surface area (Å²) in [6.45, 7) is 0.288. The topological polar surface area (TPSA) is 52.3 Å². The van der Waals surface area contributed by atoms with E-state index in [2.05, 4.69) is 0 Å². The van der Waals surface area contributed by atoms with Crippen molar-refractivity contribution >= 4 is 5.78 Å². The van der Waals surface area contributed by atoms with Gasteiger partial charge >= 0.3 is 0 Å². The van der Waals surface area contributed by atoms with E-state index in [4.69, 9.17) is 10.5 Å². The van der Waals surface area contributed by atoms with Gasteiger partial charge in [0.25, 0.3) is 0 Å². The van der Waals surface area contributed by atoms with Crippen LogP contribution >= 0.6 is 0 Å². The van der Waals surface area contributed by atoms with E-state index in [-0.39, 0.29) is 12.4 Å². The van der Waals surface area contributed by atoms with Crippen LogP contribution < -0.4 is 10.5 Å². The Morgan fingerprint density at radius 1 is 1.42 bits per heavy atom. The molecule has 3 heteroatoms. The van der Waals surface area contributed by atoms with Crippen molar-refractivity contribution in [1.82, 2.24) is 0 Å². The molecular weight excluding hydrogens is 154 g/mol. The lowest BCUT2D eigenvalue weighted by Crippen LogP contribution is -2.39. The largest absolute Gasteiger partial charge is 0.491 e. The molecular formula is C9H9NO2. The van der Waals surface area contributed by atoms with E-state index in [1.54, 1.807) is 18.2 Å². The third-order valence-corrected chi connectivity index (χ3v) is 1.91. The summed E-state index contributed by atoms with van der Waals surface area (Å²) in [4.78, 5) is 11.4. The summed E-state index contributed by atoms with van der Waals surface area (Å²) in [5.41, 5.74) is 6.11. The summed E-state index contributed by atoms with van der Waals surface area (Å²) in [5, 5.41) is 0. The van der Waals surface area contributed by atoms with Crippen LogP contribution in [0, 0.1) is 0 Å². The molecule has 0 aromatic heterocycles. The Balaban J connectivity index is 2.49. The predicted molar refractivity (Wildman–Crippen MR) is 44.2 cm³/mol. The molecule has 1 aliphatic rings. The smallest absolute Gasteiger partial charge is 0.186 e. The molecule has 0 saturated carbocycles. The number of hydrogen-bond donors (Lipinski definition) is 1. The molecule has 0 bridgehead atoms. The second-order valence-electron chi connectivity index (χ2n) is 2.78. The van der Waals surface area contributed by atoms with Gasteiger partial charge in [-0.3, -0.25) is 4.79 Å². The molecule has 1 atom stereocenters. The van der Waals surface area contributed by atoms with Crippen molar-refractivity contribution < 1.29 is 9.53 Å². The summed E-state index contributed by atoms with van der Waals surface area (Å²) in [7, 11) is 0. The maximum absolute atomic E-state index is 11.4. The minimum atomic E-state index is -0.500. The number of rotatable bonds is 0. The van der Waals surface area contributed by atoms with Crippen LogP contribution in [0.4, 0.5) is 0 Å². The lowest BCUT2D eigenvalue weighted by molar-refractivity contribution is 0.0900. The van der Waals surface area contributed by atoms with Crippen LogP contribution in [0.5, 0.6) is 5.75 Å². The van der Waals surface area contributed by atoms with E-state index >= 15 is 0 Å². The first-order valence-electron chi connectivity index (χ1n) is 3.80. The van der Waals surface area contributed by atoms with Gasteiger partial charge in [-0.05, 0) is 12.1 Å². The molecule has 3 nitrogen and oxygen atoms in total. The third kappa shape index (κ3) is 0.987. The average molecular weight is 163 g/mol. The van der Waals surface area contributed by atoms with Crippen LogP contribution in [0.15, 0.2) is 24.3 Å². The highest BCUT2D eigenvalue weighted by atomic mass is 16.5. The number of hydrogen-bond acceptors (Lipinski definition) is 3. The van der Waals surface area contributed by atoms with Gasteiger partial charge < -0.3 is 10.5 Å². The quantitative estimate of drug-likeness (QED) is 0.609. The SMILES string of the molecule is NC1COc2ccccc2C1=O. The van der Waals surface area contributed by atoms with E-state index < -0.39 is 6.04 Å². The molecule has 2 N–H and O–H groups in total. The summed E-state index contributed by atoms with van der Waals surface area (Å²) >= 11 is 0. The van der Waals surface area contributed by atoms with Gasteiger partial charge in [-0.25, -0.2) is 0 Å². The van der Waals surface area contributed by atoms with Gasteiger partial charge in [0.2, 0.25) is 0 Å². The first kappa shape index (κ1) is 7.31. The normalized spacial score (nSPS) is 21.4. The Kier molecular flexibility index (Phi) is 1.59. The maximum atomic E-state index is 11.4. The Hall–Kier alpha value is -1.35. The minimum Gasteiger partial charge on any atom is -0.491 e. The second-order valence-corrected chi connectivity index (χ2v) is 2.78. The van der Waals surface area contributed by atoms with E-state index in [1.165, 1.54) is 0 Å². The number of benzene rings is 1. The van der Waals surface area contributed by atoms with Crippen molar-refractivity contribution in [3.05, 3.63) is 29.8 Å². The van der Waals surface area contributed by atoms with E-state index in [0.717, 1.165) is 0 Å². The molecule has 0 spiro atoms.